The van der Waals surface area contributed by atoms with Gasteiger partial charge in [-0.05, 0) is 19.3 Å². The van der Waals surface area contributed by atoms with Crippen molar-refractivity contribution in [3.05, 3.63) is 48.6 Å². The van der Waals surface area contributed by atoms with Gasteiger partial charge in [-0.1, -0.05) is 36.4 Å². The number of rotatable bonds is 7. The first-order valence-corrected chi connectivity index (χ1v) is 8.84. The Labute approximate surface area is 126 Å². The van der Waals surface area contributed by atoms with Gasteiger partial charge in [0.25, 0.3) is 0 Å². The monoisotopic (exact) mass is 307 g/mol. The van der Waals surface area contributed by atoms with Gasteiger partial charge in [-0.25, -0.2) is 8.42 Å². The molecule has 1 unspecified atom stereocenters. The lowest BCUT2D eigenvalue weighted by Gasteiger charge is -2.23. The van der Waals surface area contributed by atoms with Gasteiger partial charge in [0.1, 0.15) is 0 Å². The van der Waals surface area contributed by atoms with Gasteiger partial charge in [0, 0.05) is 24.6 Å². The number of Topliss-reactive ketones (excluding diaryl/α,β-unsaturated/α-hetero) is 1. The summed E-state index contributed by atoms with van der Waals surface area (Å²) in [6.45, 7) is 4.08. The van der Waals surface area contributed by atoms with Crippen LogP contribution in [-0.2, 0) is 10.0 Å². The number of nitrogens with zero attached hydrogens (tertiary/aromatic N) is 1. The Kier molecular flexibility index (Phi) is 5.31. The lowest BCUT2D eigenvalue weighted by atomic mass is 10.0. The molecule has 1 fully saturated rings. The van der Waals surface area contributed by atoms with E-state index < -0.39 is 10.0 Å². The third-order valence-electron chi connectivity index (χ3n) is 3.78. The Hall–Kier alpha value is -1.46. The van der Waals surface area contributed by atoms with Crippen LogP contribution in [0.15, 0.2) is 43.0 Å². The molecular formula is C16H21NO3S. The Morgan fingerprint density at radius 3 is 2.71 bits per heavy atom. The second-order valence-corrected chi connectivity index (χ2v) is 7.33. The lowest BCUT2D eigenvalue weighted by Crippen LogP contribution is -2.38. The molecule has 0 bridgehead atoms. The van der Waals surface area contributed by atoms with E-state index in [2.05, 4.69) is 6.58 Å². The molecule has 0 amide bonds. The zero-order chi connectivity index (χ0) is 15.3. The van der Waals surface area contributed by atoms with Crippen molar-refractivity contribution < 1.29 is 13.2 Å². The second-order valence-electron chi connectivity index (χ2n) is 5.29. The number of carbonyl (C=O) groups is 1. The summed E-state index contributed by atoms with van der Waals surface area (Å²) >= 11 is 0. The fourth-order valence-corrected chi connectivity index (χ4v) is 4.43. The van der Waals surface area contributed by atoms with Gasteiger partial charge in [0.05, 0.1) is 5.75 Å². The first-order valence-electron chi connectivity index (χ1n) is 7.23. The number of carbonyl (C=O) groups excluding carboxylic acids is 1. The van der Waals surface area contributed by atoms with Crippen LogP contribution in [0, 0.1) is 0 Å². The summed E-state index contributed by atoms with van der Waals surface area (Å²) in [6.07, 6.45) is 3.89. The van der Waals surface area contributed by atoms with Gasteiger partial charge in [-0.15, -0.1) is 6.58 Å². The van der Waals surface area contributed by atoms with Crippen molar-refractivity contribution in [1.29, 1.82) is 0 Å². The van der Waals surface area contributed by atoms with Crippen molar-refractivity contribution in [2.24, 2.45) is 0 Å². The molecule has 0 radical (unpaired) electrons. The van der Waals surface area contributed by atoms with E-state index in [4.69, 9.17) is 0 Å². The van der Waals surface area contributed by atoms with Gasteiger partial charge in [-0.2, -0.15) is 4.31 Å². The van der Waals surface area contributed by atoms with Gasteiger partial charge >= 0.3 is 0 Å². The zero-order valence-corrected chi connectivity index (χ0v) is 12.9. The number of ketones is 1. The van der Waals surface area contributed by atoms with Crippen molar-refractivity contribution in [3.8, 4) is 0 Å². The molecule has 4 nitrogen and oxygen atoms in total. The third-order valence-corrected chi connectivity index (χ3v) is 5.72. The molecule has 114 valence electrons. The van der Waals surface area contributed by atoms with Crippen molar-refractivity contribution in [3.63, 3.8) is 0 Å². The Balaban J connectivity index is 2.05. The number of benzene rings is 1. The highest BCUT2D eigenvalue weighted by Gasteiger charge is 2.34. The molecule has 21 heavy (non-hydrogen) atoms. The minimum atomic E-state index is -3.29. The number of hydrogen-bond acceptors (Lipinski definition) is 3. The highest BCUT2D eigenvalue weighted by molar-refractivity contribution is 7.89. The maximum absolute atomic E-state index is 12.3. The molecule has 0 aliphatic carbocycles. The predicted octanol–water partition coefficient (Wildman–Crippen LogP) is 2.63. The van der Waals surface area contributed by atoms with Crippen LogP contribution in [0.3, 0.4) is 0 Å². The zero-order valence-electron chi connectivity index (χ0n) is 12.1. The number of allylic oxidation sites excluding steroid dienone is 1. The topological polar surface area (TPSA) is 54.5 Å². The Morgan fingerprint density at radius 1 is 1.33 bits per heavy atom. The summed E-state index contributed by atoms with van der Waals surface area (Å²) in [5.74, 6) is 0.0819. The number of hydrogen-bond donors (Lipinski definition) is 0. The summed E-state index contributed by atoms with van der Waals surface area (Å²) in [5, 5.41) is 0. The van der Waals surface area contributed by atoms with E-state index in [9.17, 15) is 13.2 Å². The molecular weight excluding hydrogens is 286 g/mol. The van der Waals surface area contributed by atoms with Crippen LogP contribution in [0.2, 0.25) is 0 Å². The van der Waals surface area contributed by atoms with E-state index in [0.29, 0.717) is 18.5 Å². The maximum Gasteiger partial charge on any atom is 0.214 e. The Morgan fingerprint density at radius 2 is 2.05 bits per heavy atom. The predicted molar refractivity (Wildman–Crippen MR) is 83.7 cm³/mol. The van der Waals surface area contributed by atoms with Crippen molar-refractivity contribution >= 4 is 15.8 Å². The summed E-state index contributed by atoms with van der Waals surface area (Å²) in [6, 6.07) is 8.84. The van der Waals surface area contributed by atoms with Crippen molar-refractivity contribution in [2.75, 3.05) is 12.3 Å². The van der Waals surface area contributed by atoms with Gasteiger partial charge in [-0.3, -0.25) is 4.79 Å². The summed E-state index contributed by atoms with van der Waals surface area (Å²) in [5.41, 5.74) is 0.646. The smallest absolute Gasteiger partial charge is 0.214 e. The average Bonchev–Trinajstić information content (AvgIpc) is 2.95. The molecule has 1 atom stereocenters. The molecule has 1 aromatic rings. The molecule has 0 aromatic heterocycles. The van der Waals surface area contributed by atoms with E-state index >= 15 is 0 Å². The highest BCUT2D eigenvalue weighted by Crippen LogP contribution is 2.25. The standard InChI is InChI=1S/C16H21NO3S/c1-2-3-12-21(19,20)17-11-7-10-15(17)13-16(18)14-8-5-4-6-9-14/h2,4-6,8-9,15H,1,3,7,10-13H2. The van der Waals surface area contributed by atoms with Crippen LogP contribution in [-0.4, -0.2) is 36.8 Å². The number of sulfonamides is 1. The average molecular weight is 307 g/mol. The highest BCUT2D eigenvalue weighted by atomic mass is 32.2. The molecule has 5 heteroatoms. The van der Waals surface area contributed by atoms with Crippen LogP contribution in [0.25, 0.3) is 0 Å². The first kappa shape index (κ1) is 15.9. The minimum Gasteiger partial charge on any atom is -0.294 e. The summed E-state index contributed by atoms with van der Waals surface area (Å²) in [4.78, 5) is 12.2. The van der Waals surface area contributed by atoms with Crippen LogP contribution >= 0.6 is 0 Å². The van der Waals surface area contributed by atoms with Crippen molar-refractivity contribution in [1.82, 2.24) is 4.31 Å². The molecule has 0 saturated carbocycles. The van der Waals surface area contributed by atoms with Crippen LogP contribution in [0.5, 0.6) is 0 Å². The molecule has 2 rings (SSSR count). The minimum absolute atomic E-state index is 0.00595. The fraction of sp³-hybridized carbons (Fsp3) is 0.438. The molecule has 1 aromatic carbocycles. The van der Waals surface area contributed by atoms with Crippen LogP contribution in [0.4, 0.5) is 0 Å². The largest absolute Gasteiger partial charge is 0.294 e. The maximum atomic E-state index is 12.3. The molecule has 0 spiro atoms. The van der Waals surface area contributed by atoms with Crippen LogP contribution in [0.1, 0.15) is 36.0 Å². The molecule has 1 aliphatic heterocycles. The summed E-state index contributed by atoms with van der Waals surface area (Å²) < 4.78 is 26.1. The van der Waals surface area contributed by atoms with E-state index in [1.54, 1.807) is 18.2 Å². The van der Waals surface area contributed by atoms with E-state index in [-0.39, 0.29) is 24.0 Å². The van der Waals surface area contributed by atoms with E-state index in [1.807, 2.05) is 18.2 Å². The Bertz CT molecular complexity index is 595. The lowest BCUT2D eigenvalue weighted by molar-refractivity contribution is 0.0961. The fourth-order valence-electron chi connectivity index (χ4n) is 2.68. The summed E-state index contributed by atoms with van der Waals surface area (Å²) in [7, 11) is -3.29. The second kappa shape index (κ2) is 7.00. The van der Waals surface area contributed by atoms with Gasteiger partial charge < -0.3 is 0 Å². The quantitative estimate of drug-likeness (QED) is 0.575. The molecule has 0 N–H and O–H groups in total. The SMILES string of the molecule is C=CCCS(=O)(=O)N1CCCC1CC(=O)c1ccccc1. The van der Waals surface area contributed by atoms with Gasteiger partial charge in [0.15, 0.2) is 5.78 Å². The molecule has 1 saturated heterocycles. The third kappa shape index (κ3) is 4.02. The first-order chi connectivity index (χ1) is 10.0. The molecule has 1 heterocycles. The van der Waals surface area contributed by atoms with Crippen LogP contribution < -0.4 is 0 Å². The van der Waals surface area contributed by atoms with Gasteiger partial charge in [0.2, 0.25) is 10.0 Å². The van der Waals surface area contributed by atoms with Crippen molar-refractivity contribution in [2.45, 2.75) is 31.7 Å². The van der Waals surface area contributed by atoms with E-state index in [1.165, 1.54) is 4.31 Å². The normalized spacial score (nSPS) is 19.5. The van der Waals surface area contributed by atoms with E-state index in [0.717, 1.165) is 12.8 Å². The molecule has 1 aliphatic rings.